The molecule has 204 valence electrons. The van der Waals surface area contributed by atoms with Gasteiger partial charge in [0.1, 0.15) is 6.04 Å². The van der Waals surface area contributed by atoms with E-state index in [0.29, 0.717) is 18.5 Å². The topological polar surface area (TPSA) is 92.8 Å². The van der Waals surface area contributed by atoms with Crippen LogP contribution in [0, 0.1) is 18.8 Å². The molecule has 40 heavy (non-hydrogen) atoms. The summed E-state index contributed by atoms with van der Waals surface area (Å²) < 4.78 is 5.42. The smallest absolute Gasteiger partial charge is 0.329 e. The van der Waals surface area contributed by atoms with Gasteiger partial charge in [-0.3, -0.25) is 19.3 Å². The van der Waals surface area contributed by atoms with E-state index in [1.54, 1.807) is 12.1 Å². The zero-order valence-electron chi connectivity index (χ0n) is 22.6. The van der Waals surface area contributed by atoms with E-state index < -0.39 is 36.4 Å². The number of carbonyl (C=O) groups is 4. The number of nitrogens with one attached hydrogen (secondary N) is 1. The van der Waals surface area contributed by atoms with E-state index in [2.05, 4.69) is 29.6 Å². The Kier molecular flexibility index (Phi) is 6.74. The van der Waals surface area contributed by atoms with Crippen LogP contribution in [-0.2, 0) is 23.9 Å². The van der Waals surface area contributed by atoms with Crippen molar-refractivity contribution in [3.05, 3.63) is 101 Å². The van der Waals surface area contributed by atoms with Crippen LogP contribution in [0.2, 0.25) is 0 Å². The van der Waals surface area contributed by atoms with E-state index in [1.807, 2.05) is 50.2 Å². The molecule has 7 rings (SSSR count). The van der Waals surface area contributed by atoms with Crippen LogP contribution in [0.5, 0.6) is 0 Å². The highest BCUT2D eigenvalue weighted by atomic mass is 16.5. The second-order valence-electron chi connectivity index (χ2n) is 11.0. The highest BCUT2D eigenvalue weighted by Crippen LogP contribution is 2.61. The lowest BCUT2D eigenvalue weighted by molar-refractivity contribution is -0.160. The number of aryl methyl sites for hydroxylation is 1. The average molecular weight is 537 g/mol. The summed E-state index contributed by atoms with van der Waals surface area (Å²) in [5.41, 5.74) is 5.97. The second-order valence-corrected chi connectivity index (χ2v) is 11.0. The number of amides is 3. The Balaban J connectivity index is 1.26. The second kappa shape index (κ2) is 10.4. The van der Waals surface area contributed by atoms with Crippen LogP contribution in [0.1, 0.15) is 65.8 Å². The van der Waals surface area contributed by atoms with E-state index >= 15 is 0 Å². The van der Waals surface area contributed by atoms with Crippen molar-refractivity contribution in [3.63, 3.8) is 0 Å². The van der Waals surface area contributed by atoms with E-state index in [0.717, 1.165) is 34.2 Å². The van der Waals surface area contributed by atoms with Crippen LogP contribution >= 0.6 is 0 Å². The van der Waals surface area contributed by atoms with Gasteiger partial charge in [0.05, 0.1) is 11.8 Å². The first-order chi connectivity index (χ1) is 19.4. The van der Waals surface area contributed by atoms with Gasteiger partial charge >= 0.3 is 5.97 Å². The quantitative estimate of drug-likeness (QED) is 0.326. The predicted molar refractivity (Wildman–Crippen MR) is 149 cm³/mol. The largest absolute Gasteiger partial charge is 0.454 e. The Hall–Kier alpha value is -4.26. The maximum Gasteiger partial charge on any atom is 0.329 e. The molecule has 1 N–H and O–H groups in total. The van der Waals surface area contributed by atoms with Crippen molar-refractivity contribution < 1.29 is 23.9 Å². The number of anilines is 1. The Morgan fingerprint density at radius 1 is 0.825 bits per heavy atom. The SMILES string of the molecule is CCCC[C@@H](C(=O)OCC(=O)Nc1ccc(C)cc1)N1C(=O)[C@@H]2C3c4ccccc4C(c4ccccc43)[C@@H]2C1=O. The number of imide groups is 1. The highest BCUT2D eigenvalue weighted by Gasteiger charge is 2.63. The molecule has 0 saturated carbocycles. The fraction of sp³-hybridized carbons (Fsp3) is 0.333. The van der Waals surface area contributed by atoms with Gasteiger partial charge in [-0.2, -0.15) is 0 Å². The maximum absolute atomic E-state index is 14.1. The summed E-state index contributed by atoms with van der Waals surface area (Å²) in [6.45, 7) is 3.43. The summed E-state index contributed by atoms with van der Waals surface area (Å²) in [4.78, 5) is 55.3. The molecule has 1 aliphatic heterocycles. The monoisotopic (exact) mass is 536 g/mol. The van der Waals surface area contributed by atoms with Gasteiger partial charge in [0.15, 0.2) is 6.61 Å². The summed E-state index contributed by atoms with van der Waals surface area (Å²) in [6, 6.07) is 22.3. The standard InChI is InChI=1S/C33H32N2O5/c1-3-4-13-25(33(39)40-18-26(36)34-20-16-14-19(2)15-17-20)35-31(37)29-27-21-9-5-6-10-22(21)28(30(29)32(35)38)24-12-8-7-11-23(24)27/h5-12,14-17,25,27-30H,3-4,13,18H2,1-2H3,(H,34,36)/t25-,27?,28?,29-,30+/m0/s1. The minimum Gasteiger partial charge on any atom is -0.454 e. The van der Waals surface area contributed by atoms with Crippen LogP contribution in [0.3, 0.4) is 0 Å². The maximum atomic E-state index is 14.1. The van der Waals surface area contributed by atoms with Crippen LogP contribution in [0.4, 0.5) is 5.69 Å². The third-order valence-electron chi connectivity index (χ3n) is 8.58. The highest BCUT2D eigenvalue weighted by molar-refractivity contribution is 6.10. The summed E-state index contributed by atoms with van der Waals surface area (Å²) in [7, 11) is 0. The molecule has 1 heterocycles. The van der Waals surface area contributed by atoms with Gasteiger partial charge in [0.2, 0.25) is 11.8 Å². The van der Waals surface area contributed by atoms with E-state index in [-0.39, 0.29) is 23.7 Å². The van der Waals surface area contributed by atoms with Crippen molar-refractivity contribution in [2.24, 2.45) is 11.8 Å². The molecule has 7 heteroatoms. The average Bonchev–Trinajstić information content (AvgIpc) is 3.23. The molecule has 0 aromatic heterocycles. The molecule has 3 aromatic carbocycles. The number of rotatable bonds is 8. The normalized spacial score (nSPS) is 22.8. The van der Waals surface area contributed by atoms with E-state index in [9.17, 15) is 19.2 Å². The van der Waals surface area contributed by atoms with Crippen molar-refractivity contribution in [2.75, 3.05) is 11.9 Å². The fourth-order valence-electron chi connectivity index (χ4n) is 6.82. The van der Waals surface area contributed by atoms with Crippen molar-refractivity contribution in [1.29, 1.82) is 0 Å². The Morgan fingerprint density at radius 2 is 1.32 bits per heavy atom. The molecule has 3 atom stereocenters. The summed E-state index contributed by atoms with van der Waals surface area (Å²) in [6.07, 6.45) is 1.71. The molecule has 1 saturated heterocycles. The van der Waals surface area contributed by atoms with Gasteiger partial charge in [0, 0.05) is 17.5 Å². The van der Waals surface area contributed by atoms with Crippen LogP contribution in [0.25, 0.3) is 0 Å². The van der Waals surface area contributed by atoms with Gasteiger partial charge in [-0.25, -0.2) is 4.79 Å². The molecule has 0 radical (unpaired) electrons. The zero-order chi connectivity index (χ0) is 28.0. The minimum atomic E-state index is -1.07. The third kappa shape index (κ3) is 4.21. The number of hydrogen-bond donors (Lipinski definition) is 1. The van der Waals surface area contributed by atoms with Crippen molar-refractivity contribution in [2.45, 2.75) is 51.0 Å². The van der Waals surface area contributed by atoms with Gasteiger partial charge in [0.25, 0.3) is 5.91 Å². The lowest BCUT2D eigenvalue weighted by atomic mass is 9.55. The number of benzene rings is 3. The first-order valence-corrected chi connectivity index (χ1v) is 14.0. The number of esters is 1. The molecule has 0 unspecified atom stereocenters. The molecule has 3 amide bonds. The molecular weight excluding hydrogens is 504 g/mol. The predicted octanol–water partition coefficient (Wildman–Crippen LogP) is 4.93. The van der Waals surface area contributed by atoms with Crippen LogP contribution in [-0.4, -0.2) is 41.2 Å². The minimum absolute atomic E-state index is 0.244. The van der Waals surface area contributed by atoms with Crippen LogP contribution < -0.4 is 5.32 Å². The third-order valence-corrected chi connectivity index (χ3v) is 8.58. The number of hydrogen-bond acceptors (Lipinski definition) is 5. The molecule has 0 spiro atoms. The van der Waals surface area contributed by atoms with Crippen molar-refractivity contribution in [3.8, 4) is 0 Å². The summed E-state index contributed by atoms with van der Waals surface area (Å²) in [5, 5.41) is 2.71. The molecular formula is C33H32N2O5. The van der Waals surface area contributed by atoms with Gasteiger partial charge in [-0.05, 0) is 47.7 Å². The molecule has 7 nitrogen and oxygen atoms in total. The Bertz CT molecular complexity index is 1380. The lowest BCUT2D eigenvalue weighted by Gasteiger charge is -2.45. The first kappa shape index (κ1) is 26.0. The molecule has 4 aliphatic rings. The number of likely N-dealkylation sites (tertiary alicyclic amines) is 1. The van der Waals surface area contributed by atoms with Crippen molar-refractivity contribution >= 4 is 29.4 Å². The van der Waals surface area contributed by atoms with Crippen molar-refractivity contribution in [1.82, 2.24) is 4.90 Å². The number of nitrogens with zero attached hydrogens (tertiary/aromatic N) is 1. The first-order valence-electron chi connectivity index (χ1n) is 14.0. The van der Waals surface area contributed by atoms with E-state index in [1.165, 1.54) is 4.90 Å². The van der Waals surface area contributed by atoms with Gasteiger partial charge < -0.3 is 10.1 Å². The lowest BCUT2D eigenvalue weighted by Crippen LogP contribution is -2.47. The zero-order valence-corrected chi connectivity index (χ0v) is 22.6. The fourth-order valence-corrected chi connectivity index (χ4v) is 6.82. The Morgan fingerprint density at radius 3 is 1.80 bits per heavy atom. The number of ether oxygens (including phenoxy) is 1. The molecule has 3 aliphatic carbocycles. The van der Waals surface area contributed by atoms with Gasteiger partial charge in [-0.15, -0.1) is 0 Å². The summed E-state index contributed by atoms with van der Waals surface area (Å²) in [5.74, 6) is -3.47. The van der Waals surface area contributed by atoms with Gasteiger partial charge in [-0.1, -0.05) is 86.0 Å². The molecule has 2 bridgehead atoms. The van der Waals surface area contributed by atoms with Crippen LogP contribution in [0.15, 0.2) is 72.8 Å². The molecule has 3 aromatic rings. The number of carbonyl (C=O) groups excluding carboxylic acids is 4. The van der Waals surface area contributed by atoms with E-state index in [4.69, 9.17) is 4.74 Å². The number of unbranched alkanes of at least 4 members (excludes halogenated alkanes) is 1. The molecule has 1 fully saturated rings. The summed E-state index contributed by atoms with van der Waals surface area (Å²) >= 11 is 0. The Labute approximate surface area is 233 Å².